The lowest BCUT2D eigenvalue weighted by atomic mass is 10.1. The van der Waals surface area contributed by atoms with Crippen molar-refractivity contribution in [2.45, 2.75) is 38.8 Å². The summed E-state index contributed by atoms with van der Waals surface area (Å²) in [7, 11) is 1.61. The molecule has 1 fully saturated rings. The zero-order valence-corrected chi connectivity index (χ0v) is 13.9. The molecular formula is C18H20N4O2. The van der Waals surface area contributed by atoms with E-state index >= 15 is 0 Å². The zero-order chi connectivity index (χ0) is 16.7. The summed E-state index contributed by atoms with van der Waals surface area (Å²) in [5.74, 6) is 2.36. The van der Waals surface area contributed by atoms with Gasteiger partial charge in [0.1, 0.15) is 5.82 Å². The third-order valence-corrected chi connectivity index (χ3v) is 4.87. The molecule has 1 saturated carbocycles. The smallest absolute Gasteiger partial charge is 0.223 e. The van der Waals surface area contributed by atoms with Crippen molar-refractivity contribution >= 4 is 5.91 Å². The standard InChI is InChI=1S/C18H20N4O2/c1-11-20-16-10-22(9-15(16)18(21-11)24-2)17(23)7-13-6-14(13)12-4-3-5-19-8-12/h3-5,8,13-14H,6-7,9-10H2,1-2H3. The summed E-state index contributed by atoms with van der Waals surface area (Å²) in [6, 6.07) is 4.05. The van der Waals surface area contributed by atoms with Crippen molar-refractivity contribution in [3.05, 3.63) is 47.2 Å². The molecule has 1 amide bonds. The molecule has 0 aromatic carbocycles. The second kappa shape index (κ2) is 5.85. The average Bonchev–Trinajstić information content (AvgIpc) is 3.22. The van der Waals surface area contributed by atoms with Gasteiger partial charge in [0.25, 0.3) is 0 Å². The first-order valence-electron chi connectivity index (χ1n) is 8.23. The molecule has 1 aliphatic heterocycles. The first-order chi connectivity index (χ1) is 11.7. The maximum Gasteiger partial charge on any atom is 0.223 e. The summed E-state index contributed by atoms with van der Waals surface area (Å²) in [4.78, 5) is 27.4. The maximum absolute atomic E-state index is 12.6. The van der Waals surface area contributed by atoms with Crippen LogP contribution in [0.25, 0.3) is 0 Å². The Balaban J connectivity index is 1.41. The second-order valence-electron chi connectivity index (χ2n) is 6.55. The van der Waals surface area contributed by atoms with Crippen LogP contribution in [0.3, 0.4) is 0 Å². The zero-order valence-electron chi connectivity index (χ0n) is 13.9. The van der Waals surface area contributed by atoms with Crippen LogP contribution in [0.1, 0.15) is 41.4 Å². The number of aryl methyl sites for hydroxylation is 1. The molecule has 2 unspecified atom stereocenters. The molecular weight excluding hydrogens is 304 g/mol. The number of ether oxygens (including phenoxy) is 1. The summed E-state index contributed by atoms with van der Waals surface area (Å²) in [5, 5.41) is 0. The number of methoxy groups -OCH3 is 1. The fourth-order valence-corrected chi connectivity index (χ4v) is 3.52. The quantitative estimate of drug-likeness (QED) is 0.862. The molecule has 0 spiro atoms. The summed E-state index contributed by atoms with van der Waals surface area (Å²) in [6.07, 6.45) is 5.34. The van der Waals surface area contributed by atoms with Gasteiger partial charge in [0.05, 0.1) is 31.5 Å². The molecule has 2 aromatic rings. The van der Waals surface area contributed by atoms with Gasteiger partial charge in [0.2, 0.25) is 11.8 Å². The summed E-state index contributed by atoms with van der Waals surface area (Å²) in [5.41, 5.74) is 3.09. The van der Waals surface area contributed by atoms with E-state index in [0.29, 0.717) is 43.1 Å². The van der Waals surface area contributed by atoms with Crippen LogP contribution < -0.4 is 4.74 Å². The van der Waals surface area contributed by atoms with E-state index in [-0.39, 0.29) is 5.91 Å². The van der Waals surface area contributed by atoms with Gasteiger partial charge in [-0.3, -0.25) is 9.78 Å². The van der Waals surface area contributed by atoms with Crippen molar-refractivity contribution in [1.29, 1.82) is 0 Å². The van der Waals surface area contributed by atoms with Crippen molar-refractivity contribution in [3.8, 4) is 5.88 Å². The predicted molar refractivity (Wildman–Crippen MR) is 87.3 cm³/mol. The molecule has 24 heavy (non-hydrogen) atoms. The van der Waals surface area contributed by atoms with Gasteiger partial charge in [0, 0.05) is 18.8 Å². The van der Waals surface area contributed by atoms with E-state index in [1.807, 2.05) is 24.1 Å². The summed E-state index contributed by atoms with van der Waals surface area (Å²) < 4.78 is 5.34. The topological polar surface area (TPSA) is 68.2 Å². The van der Waals surface area contributed by atoms with Crippen LogP contribution in [0.15, 0.2) is 24.5 Å². The molecule has 0 saturated heterocycles. The molecule has 4 rings (SSSR count). The predicted octanol–water partition coefficient (Wildman–Crippen LogP) is 2.22. The number of amides is 1. The van der Waals surface area contributed by atoms with Crippen LogP contribution in [-0.2, 0) is 17.9 Å². The molecule has 124 valence electrons. The monoisotopic (exact) mass is 324 g/mol. The van der Waals surface area contributed by atoms with Gasteiger partial charge in [-0.25, -0.2) is 4.98 Å². The first kappa shape index (κ1) is 15.1. The van der Waals surface area contributed by atoms with Crippen LogP contribution in [0.2, 0.25) is 0 Å². The molecule has 2 atom stereocenters. The van der Waals surface area contributed by atoms with E-state index < -0.39 is 0 Å². The molecule has 0 radical (unpaired) electrons. The van der Waals surface area contributed by atoms with Crippen LogP contribution >= 0.6 is 0 Å². The molecule has 0 N–H and O–H groups in total. The van der Waals surface area contributed by atoms with Crippen LogP contribution in [0.5, 0.6) is 5.88 Å². The van der Waals surface area contributed by atoms with E-state index in [1.54, 1.807) is 13.3 Å². The van der Waals surface area contributed by atoms with Crippen LogP contribution in [-0.4, -0.2) is 32.9 Å². The van der Waals surface area contributed by atoms with Gasteiger partial charge in [-0.15, -0.1) is 0 Å². The van der Waals surface area contributed by atoms with Gasteiger partial charge in [0.15, 0.2) is 0 Å². The van der Waals surface area contributed by atoms with Crippen molar-refractivity contribution < 1.29 is 9.53 Å². The van der Waals surface area contributed by atoms with Gasteiger partial charge < -0.3 is 9.64 Å². The van der Waals surface area contributed by atoms with Gasteiger partial charge >= 0.3 is 0 Å². The van der Waals surface area contributed by atoms with E-state index in [1.165, 1.54) is 5.56 Å². The first-order valence-corrected chi connectivity index (χ1v) is 8.23. The number of carbonyl (C=O) groups excluding carboxylic acids is 1. The molecule has 2 aliphatic rings. The normalized spacial score (nSPS) is 21.5. The number of hydrogen-bond acceptors (Lipinski definition) is 5. The fourth-order valence-electron chi connectivity index (χ4n) is 3.52. The number of pyridine rings is 1. The highest BCUT2D eigenvalue weighted by Crippen LogP contribution is 2.49. The highest BCUT2D eigenvalue weighted by molar-refractivity contribution is 5.77. The fraction of sp³-hybridized carbons (Fsp3) is 0.444. The molecule has 6 heteroatoms. The van der Waals surface area contributed by atoms with Crippen molar-refractivity contribution in [2.75, 3.05) is 7.11 Å². The molecule has 6 nitrogen and oxygen atoms in total. The van der Waals surface area contributed by atoms with E-state index in [2.05, 4.69) is 21.0 Å². The number of nitrogens with zero attached hydrogens (tertiary/aromatic N) is 4. The van der Waals surface area contributed by atoms with Crippen LogP contribution in [0.4, 0.5) is 0 Å². The number of hydrogen-bond donors (Lipinski definition) is 0. The minimum absolute atomic E-state index is 0.184. The highest BCUT2D eigenvalue weighted by atomic mass is 16.5. The number of rotatable bonds is 4. The lowest BCUT2D eigenvalue weighted by Crippen LogP contribution is -2.25. The van der Waals surface area contributed by atoms with Crippen molar-refractivity contribution in [3.63, 3.8) is 0 Å². The lowest BCUT2D eigenvalue weighted by Gasteiger charge is -2.15. The van der Waals surface area contributed by atoms with Crippen LogP contribution in [0, 0.1) is 12.8 Å². The Morgan fingerprint density at radius 2 is 2.25 bits per heavy atom. The highest BCUT2D eigenvalue weighted by Gasteiger charge is 2.41. The van der Waals surface area contributed by atoms with Gasteiger partial charge in [-0.05, 0) is 36.8 Å². The maximum atomic E-state index is 12.6. The Hall–Kier alpha value is -2.50. The van der Waals surface area contributed by atoms with Gasteiger partial charge in [-0.1, -0.05) is 6.07 Å². The molecule has 0 bridgehead atoms. The van der Waals surface area contributed by atoms with E-state index in [0.717, 1.165) is 17.7 Å². The minimum atomic E-state index is 0.184. The summed E-state index contributed by atoms with van der Waals surface area (Å²) >= 11 is 0. The molecule has 2 aromatic heterocycles. The largest absolute Gasteiger partial charge is 0.481 e. The van der Waals surface area contributed by atoms with E-state index in [9.17, 15) is 4.79 Å². The molecule has 1 aliphatic carbocycles. The minimum Gasteiger partial charge on any atom is -0.481 e. The van der Waals surface area contributed by atoms with E-state index in [4.69, 9.17) is 4.74 Å². The molecule has 3 heterocycles. The average molecular weight is 324 g/mol. The SMILES string of the molecule is COc1nc(C)nc2c1CN(C(=O)CC1CC1c1cccnc1)C2. The number of fused-ring (bicyclic) bond motifs is 1. The lowest BCUT2D eigenvalue weighted by molar-refractivity contribution is -0.132. The van der Waals surface area contributed by atoms with Gasteiger partial charge in [-0.2, -0.15) is 4.98 Å². The van der Waals surface area contributed by atoms with Crippen molar-refractivity contribution in [2.24, 2.45) is 5.92 Å². The Labute approximate surface area is 140 Å². The van der Waals surface area contributed by atoms with Crippen molar-refractivity contribution in [1.82, 2.24) is 19.9 Å². The third-order valence-electron chi connectivity index (χ3n) is 4.87. The second-order valence-corrected chi connectivity index (χ2v) is 6.55. The summed E-state index contributed by atoms with van der Waals surface area (Å²) in [6.45, 7) is 2.94. The Morgan fingerprint density at radius 1 is 1.38 bits per heavy atom. The number of aromatic nitrogens is 3. The number of carbonyl (C=O) groups is 1. The Morgan fingerprint density at radius 3 is 3.00 bits per heavy atom. The Bertz CT molecular complexity index is 778. The third kappa shape index (κ3) is 2.72. The Kier molecular flexibility index (Phi) is 3.67.